The minimum absolute atomic E-state index is 0.388. The Kier molecular flexibility index (Phi) is 4.71. The number of aromatic carboxylic acids is 1. The SMILES string of the molecule is O=C(O)c1ccc(N2CCN(c3ccc(C(F)(F)F)cn3)CC2)cc1F. The van der Waals surface area contributed by atoms with Gasteiger partial charge in [0.25, 0.3) is 0 Å². The van der Waals surface area contributed by atoms with E-state index >= 15 is 0 Å². The van der Waals surface area contributed by atoms with Crippen LogP contribution in [0.5, 0.6) is 0 Å². The van der Waals surface area contributed by atoms with Crippen molar-refractivity contribution in [3.05, 3.63) is 53.5 Å². The van der Waals surface area contributed by atoms with Crippen LogP contribution in [0.1, 0.15) is 15.9 Å². The zero-order valence-corrected chi connectivity index (χ0v) is 13.5. The Morgan fingerprint density at radius 3 is 2.19 bits per heavy atom. The van der Waals surface area contributed by atoms with Crippen LogP contribution in [-0.4, -0.2) is 42.2 Å². The third kappa shape index (κ3) is 3.71. The molecule has 138 valence electrons. The topological polar surface area (TPSA) is 56.7 Å². The number of halogens is 4. The Morgan fingerprint density at radius 2 is 1.69 bits per heavy atom. The second-order valence-corrected chi connectivity index (χ2v) is 5.85. The maximum atomic E-state index is 13.8. The van der Waals surface area contributed by atoms with Crippen molar-refractivity contribution in [2.24, 2.45) is 0 Å². The molecule has 0 unspecified atom stereocenters. The monoisotopic (exact) mass is 369 g/mol. The average molecular weight is 369 g/mol. The summed E-state index contributed by atoms with van der Waals surface area (Å²) in [6, 6.07) is 6.26. The molecule has 1 aliphatic rings. The molecule has 1 fully saturated rings. The molecule has 3 rings (SSSR count). The van der Waals surface area contributed by atoms with Crippen molar-refractivity contribution in [3.8, 4) is 0 Å². The standard InChI is InChI=1S/C17H15F4N3O2/c18-14-9-12(2-3-13(14)16(25)26)23-5-7-24(8-6-23)15-4-1-11(10-22-15)17(19,20)21/h1-4,9-10H,5-8H2,(H,25,26). The molecule has 0 amide bonds. The van der Waals surface area contributed by atoms with E-state index in [-0.39, 0.29) is 5.56 Å². The van der Waals surface area contributed by atoms with Gasteiger partial charge in [0.05, 0.1) is 11.1 Å². The minimum atomic E-state index is -4.42. The lowest BCUT2D eigenvalue weighted by Crippen LogP contribution is -2.46. The Morgan fingerprint density at radius 1 is 1.04 bits per heavy atom. The van der Waals surface area contributed by atoms with Gasteiger partial charge in [-0.25, -0.2) is 14.2 Å². The van der Waals surface area contributed by atoms with Gasteiger partial charge in [0.15, 0.2) is 0 Å². The second-order valence-electron chi connectivity index (χ2n) is 5.85. The number of hydrogen-bond donors (Lipinski definition) is 1. The van der Waals surface area contributed by atoms with Crippen molar-refractivity contribution in [2.75, 3.05) is 36.0 Å². The van der Waals surface area contributed by atoms with Crippen molar-refractivity contribution >= 4 is 17.5 Å². The highest BCUT2D eigenvalue weighted by atomic mass is 19.4. The molecule has 1 saturated heterocycles. The van der Waals surface area contributed by atoms with E-state index in [0.717, 1.165) is 12.3 Å². The number of nitrogens with zero attached hydrogens (tertiary/aromatic N) is 3. The Bertz CT molecular complexity index is 801. The van der Waals surface area contributed by atoms with Crippen molar-refractivity contribution in [3.63, 3.8) is 0 Å². The van der Waals surface area contributed by atoms with Gasteiger partial charge in [0, 0.05) is 38.1 Å². The number of benzene rings is 1. The van der Waals surface area contributed by atoms with Crippen LogP contribution in [0.15, 0.2) is 36.5 Å². The number of anilines is 2. The summed E-state index contributed by atoms with van der Waals surface area (Å²) in [6.45, 7) is 2.02. The summed E-state index contributed by atoms with van der Waals surface area (Å²) in [5.41, 5.74) is -0.622. The number of pyridine rings is 1. The first kappa shape index (κ1) is 18.0. The van der Waals surface area contributed by atoms with Gasteiger partial charge in [-0.15, -0.1) is 0 Å². The van der Waals surface area contributed by atoms with Gasteiger partial charge < -0.3 is 14.9 Å². The molecule has 5 nitrogen and oxygen atoms in total. The number of carboxylic acids is 1. The quantitative estimate of drug-likeness (QED) is 0.842. The third-order valence-electron chi connectivity index (χ3n) is 4.23. The summed E-state index contributed by atoms with van der Waals surface area (Å²) in [7, 11) is 0. The van der Waals surface area contributed by atoms with Crippen molar-refractivity contribution in [2.45, 2.75) is 6.18 Å². The molecule has 1 aliphatic heterocycles. The fourth-order valence-electron chi connectivity index (χ4n) is 2.81. The van der Waals surface area contributed by atoms with Gasteiger partial charge in [-0.3, -0.25) is 0 Å². The first-order chi connectivity index (χ1) is 12.3. The van der Waals surface area contributed by atoms with Crippen LogP contribution in [0.3, 0.4) is 0 Å². The van der Waals surface area contributed by atoms with Crippen LogP contribution in [-0.2, 0) is 6.18 Å². The van der Waals surface area contributed by atoms with Crippen LogP contribution in [0.4, 0.5) is 29.1 Å². The summed E-state index contributed by atoms with van der Waals surface area (Å²) in [5, 5.41) is 8.86. The number of piperazine rings is 1. The van der Waals surface area contributed by atoms with Crippen LogP contribution >= 0.6 is 0 Å². The Balaban J connectivity index is 1.66. The zero-order chi connectivity index (χ0) is 18.9. The van der Waals surface area contributed by atoms with Gasteiger partial charge in [-0.05, 0) is 30.3 Å². The molecular weight excluding hydrogens is 354 g/mol. The van der Waals surface area contributed by atoms with Crippen LogP contribution in [0.2, 0.25) is 0 Å². The minimum Gasteiger partial charge on any atom is -0.478 e. The van der Waals surface area contributed by atoms with Gasteiger partial charge in [-0.2, -0.15) is 13.2 Å². The molecule has 0 spiro atoms. The summed E-state index contributed by atoms with van der Waals surface area (Å²) < 4.78 is 51.6. The highest BCUT2D eigenvalue weighted by Gasteiger charge is 2.31. The van der Waals surface area contributed by atoms with Gasteiger partial charge in [0.2, 0.25) is 0 Å². The molecule has 9 heteroatoms. The first-order valence-corrected chi connectivity index (χ1v) is 7.81. The lowest BCUT2D eigenvalue weighted by molar-refractivity contribution is -0.137. The largest absolute Gasteiger partial charge is 0.478 e. The number of alkyl halides is 3. The molecule has 0 atom stereocenters. The van der Waals surface area contributed by atoms with Gasteiger partial charge in [-0.1, -0.05) is 0 Å². The van der Waals surface area contributed by atoms with E-state index in [1.54, 1.807) is 6.07 Å². The number of aromatic nitrogens is 1. The fraction of sp³-hybridized carbons (Fsp3) is 0.294. The van der Waals surface area contributed by atoms with E-state index in [9.17, 15) is 22.4 Å². The summed E-state index contributed by atoms with van der Waals surface area (Å²) in [5.74, 6) is -1.68. The molecule has 26 heavy (non-hydrogen) atoms. The molecule has 0 radical (unpaired) electrons. The van der Waals surface area contributed by atoms with Crippen LogP contribution in [0, 0.1) is 5.82 Å². The highest BCUT2D eigenvalue weighted by Crippen LogP contribution is 2.29. The average Bonchev–Trinajstić information content (AvgIpc) is 2.61. The second kappa shape index (κ2) is 6.81. The van der Waals surface area contributed by atoms with E-state index in [2.05, 4.69) is 4.98 Å². The maximum absolute atomic E-state index is 13.8. The summed E-state index contributed by atoms with van der Waals surface area (Å²) >= 11 is 0. The van der Waals surface area contributed by atoms with E-state index in [4.69, 9.17) is 5.11 Å². The summed E-state index contributed by atoms with van der Waals surface area (Å²) in [6.07, 6.45) is -3.61. The number of carboxylic acid groups (broad SMARTS) is 1. The molecule has 1 aromatic heterocycles. The summed E-state index contributed by atoms with van der Waals surface area (Å²) in [4.78, 5) is 18.5. The first-order valence-electron chi connectivity index (χ1n) is 7.81. The lowest BCUT2D eigenvalue weighted by atomic mass is 10.1. The smallest absolute Gasteiger partial charge is 0.417 e. The molecule has 1 N–H and O–H groups in total. The Hall–Kier alpha value is -2.84. The van der Waals surface area contributed by atoms with Crippen molar-refractivity contribution in [1.82, 2.24) is 4.98 Å². The zero-order valence-electron chi connectivity index (χ0n) is 13.5. The lowest BCUT2D eigenvalue weighted by Gasteiger charge is -2.36. The van der Waals surface area contributed by atoms with E-state index in [1.807, 2.05) is 9.80 Å². The molecule has 0 bridgehead atoms. The maximum Gasteiger partial charge on any atom is 0.417 e. The molecule has 0 saturated carbocycles. The van der Waals surface area contributed by atoms with Crippen LogP contribution < -0.4 is 9.80 Å². The molecule has 0 aliphatic carbocycles. The van der Waals surface area contributed by atoms with E-state index in [0.29, 0.717) is 37.7 Å². The van der Waals surface area contributed by atoms with E-state index < -0.39 is 23.5 Å². The van der Waals surface area contributed by atoms with Gasteiger partial charge >= 0.3 is 12.1 Å². The normalized spacial score (nSPS) is 15.2. The predicted octanol–water partition coefficient (Wildman–Crippen LogP) is 3.26. The molecule has 1 aromatic carbocycles. The van der Waals surface area contributed by atoms with Crippen LogP contribution in [0.25, 0.3) is 0 Å². The number of hydrogen-bond acceptors (Lipinski definition) is 4. The Labute approximate surface area is 146 Å². The molecule has 2 aromatic rings. The number of carbonyl (C=O) groups is 1. The fourth-order valence-corrected chi connectivity index (χ4v) is 2.81. The number of rotatable bonds is 3. The van der Waals surface area contributed by atoms with Crippen molar-refractivity contribution in [1.29, 1.82) is 0 Å². The third-order valence-corrected chi connectivity index (χ3v) is 4.23. The predicted molar refractivity (Wildman–Crippen MR) is 87.0 cm³/mol. The molecular formula is C17H15F4N3O2. The highest BCUT2D eigenvalue weighted by molar-refractivity contribution is 5.88. The van der Waals surface area contributed by atoms with E-state index in [1.165, 1.54) is 18.2 Å². The molecule has 2 heterocycles. The van der Waals surface area contributed by atoms with Crippen molar-refractivity contribution < 1.29 is 27.5 Å². The van der Waals surface area contributed by atoms with Gasteiger partial charge in [0.1, 0.15) is 11.6 Å².